The number of aromatic amines is 1. The molecule has 2 aromatic rings. The Morgan fingerprint density at radius 3 is 2.71 bits per heavy atom. The van der Waals surface area contributed by atoms with E-state index in [0.29, 0.717) is 13.1 Å². The van der Waals surface area contributed by atoms with Gasteiger partial charge in [-0.15, -0.1) is 0 Å². The van der Waals surface area contributed by atoms with Crippen LogP contribution in [-0.4, -0.2) is 34.3 Å². The number of piperidine rings is 1. The van der Waals surface area contributed by atoms with E-state index in [1.807, 2.05) is 24.4 Å². The monoisotopic (exact) mass is 328 g/mol. The summed E-state index contributed by atoms with van der Waals surface area (Å²) in [6.45, 7) is 5.33. The Kier molecular flexibility index (Phi) is 5.30. The van der Waals surface area contributed by atoms with E-state index >= 15 is 0 Å². The molecule has 7 nitrogen and oxygen atoms in total. The highest BCUT2D eigenvalue weighted by atomic mass is 16.2. The first-order valence-electron chi connectivity index (χ1n) is 8.40. The third-order valence-electron chi connectivity index (χ3n) is 4.37. The summed E-state index contributed by atoms with van der Waals surface area (Å²) in [7, 11) is 0. The van der Waals surface area contributed by atoms with Crippen LogP contribution in [0.2, 0.25) is 0 Å². The van der Waals surface area contributed by atoms with Crippen LogP contribution in [-0.2, 0) is 13.1 Å². The minimum absolute atomic E-state index is 0.210. The summed E-state index contributed by atoms with van der Waals surface area (Å²) in [4.78, 5) is 18.6. The van der Waals surface area contributed by atoms with Crippen LogP contribution in [0.15, 0.2) is 30.6 Å². The smallest absolute Gasteiger partial charge is 0.315 e. The average Bonchev–Trinajstić information content (AvgIpc) is 3.13. The zero-order valence-corrected chi connectivity index (χ0v) is 14.0. The van der Waals surface area contributed by atoms with E-state index in [1.165, 1.54) is 12.8 Å². The number of hydrogen-bond donors (Lipinski definition) is 3. The number of hydrogen-bond acceptors (Lipinski definition) is 4. The summed E-state index contributed by atoms with van der Waals surface area (Å²) in [5.41, 5.74) is 1.85. The average molecular weight is 328 g/mol. The summed E-state index contributed by atoms with van der Waals surface area (Å²) < 4.78 is 0. The number of anilines is 1. The second-order valence-corrected chi connectivity index (χ2v) is 6.31. The fourth-order valence-electron chi connectivity index (χ4n) is 2.75. The standard InChI is InChI=1S/C17H24N6O/c1-13-5-8-23(9-6-13)16-3-2-14(10-18-16)11-19-17(24)20-12-15-4-7-21-22-15/h2-4,7,10,13H,5-6,8-9,11-12H2,1H3,(H,21,22)(H2,19,20,24). The lowest BCUT2D eigenvalue weighted by atomic mass is 9.99. The van der Waals surface area contributed by atoms with Crippen molar-refractivity contribution in [3.8, 4) is 0 Å². The van der Waals surface area contributed by atoms with Crippen LogP contribution in [0, 0.1) is 5.92 Å². The summed E-state index contributed by atoms with van der Waals surface area (Å²) in [6, 6.07) is 5.67. The van der Waals surface area contributed by atoms with Gasteiger partial charge in [-0.2, -0.15) is 5.10 Å². The van der Waals surface area contributed by atoms with Gasteiger partial charge >= 0.3 is 6.03 Å². The molecule has 2 aromatic heterocycles. The molecule has 24 heavy (non-hydrogen) atoms. The Bertz CT molecular complexity index is 632. The predicted octanol–water partition coefficient (Wildman–Crippen LogP) is 2.04. The van der Waals surface area contributed by atoms with Crippen LogP contribution in [0.1, 0.15) is 31.0 Å². The first-order chi connectivity index (χ1) is 11.7. The van der Waals surface area contributed by atoms with E-state index < -0.39 is 0 Å². The Labute approximate surface area is 141 Å². The highest BCUT2D eigenvalue weighted by molar-refractivity contribution is 5.73. The molecule has 0 aromatic carbocycles. The van der Waals surface area contributed by atoms with Crippen molar-refractivity contribution in [3.63, 3.8) is 0 Å². The molecule has 7 heteroatoms. The van der Waals surface area contributed by atoms with Gasteiger partial charge in [-0.1, -0.05) is 13.0 Å². The highest BCUT2D eigenvalue weighted by Crippen LogP contribution is 2.21. The van der Waals surface area contributed by atoms with Crippen molar-refractivity contribution in [2.45, 2.75) is 32.9 Å². The molecule has 3 heterocycles. The van der Waals surface area contributed by atoms with Crippen LogP contribution >= 0.6 is 0 Å². The van der Waals surface area contributed by atoms with E-state index in [-0.39, 0.29) is 6.03 Å². The maximum atomic E-state index is 11.8. The van der Waals surface area contributed by atoms with Crippen molar-refractivity contribution in [2.24, 2.45) is 5.92 Å². The predicted molar refractivity (Wildman–Crippen MR) is 92.5 cm³/mol. The van der Waals surface area contributed by atoms with Gasteiger partial charge in [0, 0.05) is 32.0 Å². The first-order valence-corrected chi connectivity index (χ1v) is 8.40. The van der Waals surface area contributed by atoms with Crippen molar-refractivity contribution in [1.29, 1.82) is 0 Å². The van der Waals surface area contributed by atoms with Crippen LogP contribution in [0.5, 0.6) is 0 Å². The summed E-state index contributed by atoms with van der Waals surface area (Å²) in [6.07, 6.45) is 5.94. The highest BCUT2D eigenvalue weighted by Gasteiger charge is 2.16. The lowest BCUT2D eigenvalue weighted by Gasteiger charge is -2.31. The molecule has 0 unspecified atom stereocenters. The second kappa shape index (κ2) is 7.81. The molecule has 128 valence electrons. The van der Waals surface area contributed by atoms with Gasteiger partial charge < -0.3 is 15.5 Å². The molecule has 3 N–H and O–H groups in total. The molecule has 3 rings (SSSR count). The van der Waals surface area contributed by atoms with Crippen molar-refractivity contribution in [3.05, 3.63) is 41.9 Å². The van der Waals surface area contributed by atoms with E-state index in [1.54, 1.807) is 6.20 Å². The molecule has 1 saturated heterocycles. The van der Waals surface area contributed by atoms with Gasteiger partial charge in [0.15, 0.2) is 0 Å². The Hall–Kier alpha value is -2.57. The van der Waals surface area contributed by atoms with E-state index in [4.69, 9.17) is 0 Å². The Morgan fingerprint density at radius 1 is 1.25 bits per heavy atom. The zero-order valence-electron chi connectivity index (χ0n) is 14.0. The number of carbonyl (C=O) groups excluding carboxylic acids is 1. The molecule has 2 amide bonds. The quantitative estimate of drug-likeness (QED) is 0.784. The molecular weight excluding hydrogens is 304 g/mol. The van der Waals surface area contributed by atoms with Gasteiger partial charge in [0.25, 0.3) is 0 Å². The number of amides is 2. The minimum Gasteiger partial charge on any atom is -0.357 e. The number of nitrogens with zero attached hydrogens (tertiary/aromatic N) is 3. The molecule has 1 aliphatic rings. The zero-order chi connectivity index (χ0) is 16.8. The third kappa shape index (κ3) is 4.47. The summed E-state index contributed by atoms with van der Waals surface area (Å²) in [5.74, 6) is 1.83. The molecule has 1 aliphatic heterocycles. The first kappa shape index (κ1) is 16.3. The molecule has 0 saturated carbocycles. The van der Waals surface area contributed by atoms with E-state index in [9.17, 15) is 4.79 Å². The number of H-pyrrole nitrogens is 1. The van der Waals surface area contributed by atoms with Gasteiger partial charge in [0.05, 0.1) is 12.2 Å². The van der Waals surface area contributed by atoms with Crippen molar-refractivity contribution >= 4 is 11.8 Å². The minimum atomic E-state index is -0.210. The van der Waals surface area contributed by atoms with Crippen LogP contribution in [0.25, 0.3) is 0 Å². The van der Waals surface area contributed by atoms with Gasteiger partial charge in [0.1, 0.15) is 5.82 Å². The normalized spacial score (nSPS) is 15.3. The third-order valence-corrected chi connectivity index (χ3v) is 4.37. The molecule has 0 bridgehead atoms. The van der Waals surface area contributed by atoms with Crippen LogP contribution in [0.4, 0.5) is 10.6 Å². The SMILES string of the molecule is CC1CCN(c2ccc(CNC(=O)NCc3ccn[nH]3)cn2)CC1. The van der Waals surface area contributed by atoms with Crippen molar-refractivity contribution in [2.75, 3.05) is 18.0 Å². The van der Waals surface area contributed by atoms with Crippen LogP contribution < -0.4 is 15.5 Å². The maximum Gasteiger partial charge on any atom is 0.315 e. The van der Waals surface area contributed by atoms with E-state index in [0.717, 1.165) is 36.1 Å². The molecule has 0 spiro atoms. The summed E-state index contributed by atoms with van der Waals surface area (Å²) >= 11 is 0. The number of rotatable bonds is 5. The fraction of sp³-hybridized carbons (Fsp3) is 0.471. The molecule has 1 fully saturated rings. The molecule has 0 atom stereocenters. The maximum absolute atomic E-state index is 11.8. The fourth-order valence-corrected chi connectivity index (χ4v) is 2.75. The number of urea groups is 1. The van der Waals surface area contributed by atoms with E-state index in [2.05, 4.69) is 37.6 Å². The Morgan fingerprint density at radius 2 is 2.04 bits per heavy atom. The molecular formula is C17H24N6O. The number of pyridine rings is 1. The van der Waals surface area contributed by atoms with Gasteiger partial charge in [-0.3, -0.25) is 5.10 Å². The number of carbonyl (C=O) groups is 1. The molecule has 0 aliphatic carbocycles. The lowest BCUT2D eigenvalue weighted by Crippen LogP contribution is -2.35. The van der Waals surface area contributed by atoms with Crippen molar-refractivity contribution in [1.82, 2.24) is 25.8 Å². The Balaban J connectivity index is 1.43. The van der Waals surface area contributed by atoms with Gasteiger partial charge in [-0.25, -0.2) is 9.78 Å². The molecule has 0 radical (unpaired) electrons. The van der Waals surface area contributed by atoms with Crippen LogP contribution in [0.3, 0.4) is 0 Å². The topological polar surface area (TPSA) is 85.9 Å². The number of nitrogens with one attached hydrogen (secondary N) is 3. The lowest BCUT2D eigenvalue weighted by molar-refractivity contribution is 0.240. The largest absolute Gasteiger partial charge is 0.357 e. The number of aromatic nitrogens is 3. The van der Waals surface area contributed by atoms with Gasteiger partial charge in [0.2, 0.25) is 0 Å². The van der Waals surface area contributed by atoms with Gasteiger partial charge in [-0.05, 0) is 36.5 Å². The second-order valence-electron chi connectivity index (χ2n) is 6.31. The summed E-state index contributed by atoms with van der Waals surface area (Å²) in [5, 5.41) is 12.2. The van der Waals surface area contributed by atoms with Crippen molar-refractivity contribution < 1.29 is 4.79 Å².